The SMILES string of the molecule is CCCCCCC/C=C\CCCCCCCC(=O)OCC(COC1OC(C(=O)O)C(O)C(O)C1O)OC(=O)CCCCCCCCCCCCCCCCCCCCCC. The molecule has 1 rings (SSSR count). The summed E-state index contributed by atoms with van der Waals surface area (Å²) < 4.78 is 21.8. The molecule has 352 valence electrons. The molecule has 0 aromatic rings. The fourth-order valence-electron chi connectivity index (χ4n) is 7.70. The highest BCUT2D eigenvalue weighted by Gasteiger charge is 2.47. The van der Waals surface area contributed by atoms with Crippen LogP contribution in [-0.4, -0.2) is 88.4 Å². The Balaban J connectivity index is 2.30. The van der Waals surface area contributed by atoms with E-state index < -0.39 is 54.7 Å². The van der Waals surface area contributed by atoms with Crippen LogP contribution in [0.4, 0.5) is 0 Å². The first-order valence-corrected chi connectivity index (χ1v) is 24.7. The summed E-state index contributed by atoms with van der Waals surface area (Å²) in [5.74, 6) is -2.44. The number of unbranched alkanes of at least 4 members (excludes halogenated alkanes) is 29. The third-order valence-corrected chi connectivity index (χ3v) is 11.6. The van der Waals surface area contributed by atoms with Gasteiger partial charge in [0.2, 0.25) is 0 Å². The van der Waals surface area contributed by atoms with Crippen LogP contribution in [0.5, 0.6) is 0 Å². The summed E-state index contributed by atoms with van der Waals surface area (Å²) in [6, 6.07) is 0. The highest BCUT2D eigenvalue weighted by Crippen LogP contribution is 2.23. The van der Waals surface area contributed by atoms with Gasteiger partial charge in [0.15, 0.2) is 18.5 Å². The number of esters is 2. The number of aliphatic hydroxyl groups excluding tert-OH is 3. The molecule has 11 nitrogen and oxygen atoms in total. The van der Waals surface area contributed by atoms with Gasteiger partial charge in [0.05, 0.1) is 6.61 Å². The normalized spacial score (nSPS) is 19.8. The first kappa shape index (κ1) is 56.0. The third kappa shape index (κ3) is 30.9. The number of ether oxygens (including phenoxy) is 4. The van der Waals surface area contributed by atoms with Crippen LogP contribution in [0.1, 0.15) is 232 Å². The van der Waals surface area contributed by atoms with E-state index in [4.69, 9.17) is 18.9 Å². The van der Waals surface area contributed by atoms with Gasteiger partial charge < -0.3 is 39.4 Å². The lowest BCUT2D eigenvalue weighted by Gasteiger charge is -2.38. The smallest absolute Gasteiger partial charge is 0.335 e. The summed E-state index contributed by atoms with van der Waals surface area (Å²) in [7, 11) is 0. The monoisotopic (exact) mass is 855 g/mol. The molecular weight excluding hydrogens is 765 g/mol. The van der Waals surface area contributed by atoms with Crippen molar-refractivity contribution in [1.29, 1.82) is 0 Å². The first-order valence-electron chi connectivity index (χ1n) is 24.7. The molecule has 1 fully saturated rings. The zero-order valence-electron chi connectivity index (χ0n) is 38.2. The molecular formula is C49H90O11. The largest absolute Gasteiger partial charge is 0.479 e. The van der Waals surface area contributed by atoms with Crippen LogP contribution >= 0.6 is 0 Å². The average molecular weight is 855 g/mol. The second-order valence-corrected chi connectivity index (χ2v) is 17.3. The molecule has 0 amide bonds. The van der Waals surface area contributed by atoms with Crippen LogP contribution < -0.4 is 0 Å². The van der Waals surface area contributed by atoms with E-state index in [1.165, 1.54) is 135 Å². The molecule has 0 radical (unpaired) electrons. The molecule has 0 aromatic carbocycles. The predicted molar refractivity (Wildman–Crippen MR) is 239 cm³/mol. The van der Waals surface area contributed by atoms with Crippen LogP contribution in [0.2, 0.25) is 0 Å². The van der Waals surface area contributed by atoms with Gasteiger partial charge >= 0.3 is 17.9 Å². The minimum absolute atomic E-state index is 0.187. The standard InChI is InChI=1S/C49H90O11/c1-3-5-7-9-11-13-15-17-19-20-21-22-23-24-26-28-30-32-34-36-38-43(51)59-41(40-58-49-46(54)44(52)45(53)47(60-49)48(55)56)39-57-42(50)37-35-33-31-29-27-25-18-16-14-12-10-8-6-4-2/h16,18,41,44-47,49,52-54H,3-15,17,19-40H2,1-2H3,(H,55,56)/b18-16-. The molecule has 60 heavy (non-hydrogen) atoms. The van der Waals surface area contributed by atoms with Gasteiger partial charge in [-0.15, -0.1) is 0 Å². The molecule has 0 saturated carbocycles. The Labute approximate surface area is 365 Å². The fraction of sp³-hybridized carbons (Fsp3) is 0.898. The molecule has 0 spiro atoms. The van der Waals surface area contributed by atoms with Gasteiger partial charge in [0.1, 0.15) is 24.9 Å². The van der Waals surface area contributed by atoms with Crippen LogP contribution in [0.25, 0.3) is 0 Å². The number of hydrogen-bond acceptors (Lipinski definition) is 10. The van der Waals surface area contributed by atoms with Gasteiger partial charge in [0, 0.05) is 12.8 Å². The maximum Gasteiger partial charge on any atom is 0.335 e. The van der Waals surface area contributed by atoms with Gasteiger partial charge in [-0.3, -0.25) is 9.59 Å². The molecule has 11 heteroatoms. The van der Waals surface area contributed by atoms with Crippen LogP contribution in [0.3, 0.4) is 0 Å². The van der Waals surface area contributed by atoms with Crippen molar-refractivity contribution >= 4 is 17.9 Å². The number of aliphatic carboxylic acids is 1. The lowest BCUT2D eigenvalue weighted by molar-refractivity contribution is -0.298. The molecule has 6 unspecified atom stereocenters. The molecule has 0 aliphatic carbocycles. The number of carboxylic acid groups (broad SMARTS) is 1. The Kier molecular flexibility index (Phi) is 37.1. The number of aliphatic hydroxyl groups is 3. The van der Waals surface area contributed by atoms with Crippen molar-refractivity contribution in [3.63, 3.8) is 0 Å². The van der Waals surface area contributed by atoms with Gasteiger partial charge in [-0.25, -0.2) is 4.79 Å². The first-order chi connectivity index (χ1) is 29.2. The van der Waals surface area contributed by atoms with E-state index in [-0.39, 0.29) is 26.1 Å². The van der Waals surface area contributed by atoms with Crippen LogP contribution in [0.15, 0.2) is 12.2 Å². The second-order valence-electron chi connectivity index (χ2n) is 17.3. The number of carbonyl (C=O) groups excluding carboxylic acids is 2. The molecule has 1 aliphatic rings. The topological polar surface area (TPSA) is 169 Å². The number of hydrogen-bond donors (Lipinski definition) is 4. The summed E-state index contributed by atoms with van der Waals surface area (Å²) >= 11 is 0. The molecule has 4 N–H and O–H groups in total. The lowest BCUT2D eigenvalue weighted by atomic mass is 9.99. The zero-order chi connectivity index (χ0) is 43.9. The Bertz CT molecular complexity index is 1050. The van der Waals surface area contributed by atoms with Crippen LogP contribution in [-0.2, 0) is 33.3 Å². The van der Waals surface area contributed by atoms with E-state index in [9.17, 15) is 34.8 Å². The third-order valence-electron chi connectivity index (χ3n) is 11.6. The van der Waals surface area contributed by atoms with E-state index in [0.29, 0.717) is 12.8 Å². The summed E-state index contributed by atoms with van der Waals surface area (Å²) in [6.45, 7) is 3.83. The molecule has 6 atom stereocenters. The Morgan fingerprint density at radius 2 is 0.883 bits per heavy atom. The Morgan fingerprint density at radius 1 is 0.500 bits per heavy atom. The number of carbonyl (C=O) groups is 3. The van der Waals surface area contributed by atoms with Crippen molar-refractivity contribution in [2.45, 2.75) is 269 Å². The number of carboxylic acids is 1. The summed E-state index contributed by atoms with van der Waals surface area (Å²) in [5, 5.41) is 39.9. The Morgan fingerprint density at radius 3 is 1.30 bits per heavy atom. The lowest BCUT2D eigenvalue weighted by Crippen LogP contribution is -2.60. The second kappa shape index (κ2) is 39.8. The average Bonchev–Trinajstić information content (AvgIpc) is 3.23. The summed E-state index contributed by atoms with van der Waals surface area (Å²) in [4.78, 5) is 36.9. The van der Waals surface area contributed by atoms with Crippen molar-refractivity contribution in [2.24, 2.45) is 0 Å². The van der Waals surface area contributed by atoms with Crippen molar-refractivity contribution in [2.75, 3.05) is 13.2 Å². The van der Waals surface area contributed by atoms with E-state index in [1.54, 1.807) is 0 Å². The maximum atomic E-state index is 12.8. The number of allylic oxidation sites excluding steroid dienone is 2. The van der Waals surface area contributed by atoms with Crippen LogP contribution in [0, 0.1) is 0 Å². The predicted octanol–water partition coefficient (Wildman–Crippen LogP) is 11.2. The summed E-state index contributed by atoms with van der Waals surface area (Å²) in [6.07, 6.45) is 34.1. The van der Waals surface area contributed by atoms with E-state index in [0.717, 1.165) is 57.8 Å². The van der Waals surface area contributed by atoms with Gasteiger partial charge in [-0.1, -0.05) is 193 Å². The molecule has 1 saturated heterocycles. The maximum absolute atomic E-state index is 12.8. The van der Waals surface area contributed by atoms with Gasteiger partial charge in [0.25, 0.3) is 0 Å². The molecule has 0 aromatic heterocycles. The van der Waals surface area contributed by atoms with Crippen molar-refractivity contribution in [3.8, 4) is 0 Å². The highest BCUT2D eigenvalue weighted by molar-refractivity contribution is 5.73. The van der Waals surface area contributed by atoms with Gasteiger partial charge in [-0.05, 0) is 38.5 Å². The summed E-state index contributed by atoms with van der Waals surface area (Å²) in [5.41, 5.74) is 0. The zero-order valence-corrected chi connectivity index (χ0v) is 38.2. The Hall–Kier alpha value is -2.05. The van der Waals surface area contributed by atoms with Crippen molar-refractivity contribution in [1.82, 2.24) is 0 Å². The minimum atomic E-state index is -1.86. The van der Waals surface area contributed by atoms with E-state index >= 15 is 0 Å². The molecule has 1 heterocycles. The van der Waals surface area contributed by atoms with Crippen molar-refractivity contribution < 1.29 is 53.8 Å². The number of rotatable bonds is 42. The molecule has 0 bridgehead atoms. The van der Waals surface area contributed by atoms with E-state index in [2.05, 4.69) is 26.0 Å². The molecule has 1 aliphatic heterocycles. The van der Waals surface area contributed by atoms with Crippen molar-refractivity contribution in [3.05, 3.63) is 12.2 Å². The quantitative estimate of drug-likeness (QED) is 0.0262. The minimum Gasteiger partial charge on any atom is -0.479 e. The van der Waals surface area contributed by atoms with Gasteiger partial charge in [-0.2, -0.15) is 0 Å². The highest BCUT2D eigenvalue weighted by atomic mass is 16.7. The van der Waals surface area contributed by atoms with E-state index in [1.807, 2.05) is 0 Å². The fourth-order valence-corrected chi connectivity index (χ4v) is 7.70.